The normalized spacial score (nSPS) is 21.4. The van der Waals surface area contributed by atoms with Crippen molar-refractivity contribution in [2.75, 3.05) is 26.7 Å². The number of imidazole rings is 1. The Kier molecular flexibility index (Phi) is 4.66. The van der Waals surface area contributed by atoms with Crippen molar-refractivity contribution in [2.24, 2.45) is 0 Å². The Hall–Kier alpha value is -2.37. The van der Waals surface area contributed by atoms with Gasteiger partial charge in [0.1, 0.15) is 12.4 Å². The molecule has 138 valence electrons. The lowest BCUT2D eigenvalue weighted by atomic mass is 10.1. The van der Waals surface area contributed by atoms with Crippen LogP contribution in [0.3, 0.4) is 0 Å². The topological polar surface area (TPSA) is 58.4 Å². The minimum absolute atomic E-state index is 0.0526. The molecule has 0 aliphatic carbocycles. The molecule has 6 nitrogen and oxygen atoms in total. The van der Waals surface area contributed by atoms with E-state index in [2.05, 4.69) is 0 Å². The summed E-state index contributed by atoms with van der Waals surface area (Å²) in [5, 5.41) is 0. The van der Waals surface area contributed by atoms with E-state index in [-0.39, 0.29) is 17.7 Å². The van der Waals surface area contributed by atoms with Gasteiger partial charge in [0.15, 0.2) is 0 Å². The summed E-state index contributed by atoms with van der Waals surface area (Å²) in [6.07, 6.45) is 5.06. The SMILES string of the molecule is CN1CC(c2nc3ccccc3n2CC(=O)N2CCCCCC2)CC1=O. The van der Waals surface area contributed by atoms with Gasteiger partial charge in [-0.2, -0.15) is 0 Å². The second-order valence-corrected chi connectivity index (χ2v) is 7.52. The van der Waals surface area contributed by atoms with Crippen molar-refractivity contribution < 1.29 is 9.59 Å². The first-order valence-electron chi connectivity index (χ1n) is 9.60. The molecule has 2 saturated heterocycles. The van der Waals surface area contributed by atoms with E-state index < -0.39 is 0 Å². The average molecular weight is 354 g/mol. The third kappa shape index (κ3) is 3.20. The molecule has 1 atom stereocenters. The van der Waals surface area contributed by atoms with Gasteiger partial charge in [0.2, 0.25) is 11.8 Å². The second kappa shape index (κ2) is 7.09. The van der Waals surface area contributed by atoms with E-state index in [4.69, 9.17) is 4.98 Å². The molecule has 0 radical (unpaired) electrons. The average Bonchev–Trinajstić information content (AvgIpc) is 3.02. The molecule has 0 spiro atoms. The lowest BCUT2D eigenvalue weighted by Gasteiger charge is -2.22. The number of amides is 2. The monoisotopic (exact) mass is 354 g/mol. The highest BCUT2D eigenvalue weighted by Gasteiger charge is 2.32. The number of carbonyl (C=O) groups excluding carboxylic acids is 2. The lowest BCUT2D eigenvalue weighted by molar-refractivity contribution is -0.131. The number of aromatic nitrogens is 2. The Morgan fingerprint density at radius 3 is 2.58 bits per heavy atom. The minimum Gasteiger partial charge on any atom is -0.345 e. The zero-order valence-corrected chi connectivity index (χ0v) is 15.4. The van der Waals surface area contributed by atoms with E-state index in [1.165, 1.54) is 12.8 Å². The third-order valence-corrected chi connectivity index (χ3v) is 5.64. The van der Waals surface area contributed by atoms with Crippen LogP contribution in [0.15, 0.2) is 24.3 Å². The number of likely N-dealkylation sites (N-methyl/N-ethyl adjacent to an activating group) is 1. The van der Waals surface area contributed by atoms with Crippen LogP contribution < -0.4 is 0 Å². The molecular weight excluding hydrogens is 328 g/mol. The summed E-state index contributed by atoms with van der Waals surface area (Å²) >= 11 is 0. The predicted molar refractivity (Wildman–Crippen MR) is 99.8 cm³/mol. The van der Waals surface area contributed by atoms with Gasteiger partial charge in [0.05, 0.1) is 11.0 Å². The number of rotatable bonds is 3. The highest BCUT2D eigenvalue weighted by atomic mass is 16.2. The molecule has 2 aliphatic rings. The standard InChI is InChI=1S/C20H26N4O2/c1-22-13-15(12-18(22)25)20-21-16-8-4-5-9-17(16)24(20)14-19(26)23-10-6-2-3-7-11-23/h4-5,8-9,15H,2-3,6-7,10-14H2,1H3. The molecule has 4 rings (SSSR count). The van der Waals surface area contributed by atoms with E-state index in [0.29, 0.717) is 19.5 Å². The zero-order valence-electron chi connectivity index (χ0n) is 15.4. The van der Waals surface area contributed by atoms with Crippen molar-refractivity contribution in [1.29, 1.82) is 0 Å². The van der Waals surface area contributed by atoms with Crippen LogP contribution in [0.1, 0.15) is 43.8 Å². The first-order valence-corrected chi connectivity index (χ1v) is 9.60. The summed E-state index contributed by atoms with van der Waals surface area (Å²) in [5.41, 5.74) is 1.88. The Morgan fingerprint density at radius 2 is 1.88 bits per heavy atom. The smallest absolute Gasteiger partial charge is 0.242 e. The maximum atomic E-state index is 13.0. The van der Waals surface area contributed by atoms with Crippen LogP contribution in [-0.2, 0) is 16.1 Å². The number of hydrogen-bond donors (Lipinski definition) is 0. The molecule has 2 amide bonds. The van der Waals surface area contributed by atoms with Crippen LogP contribution in [0.25, 0.3) is 11.0 Å². The summed E-state index contributed by atoms with van der Waals surface area (Å²) < 4.78 is 2.04. The quantitative estimate of drug-likeness (QED) is 0.850. The second-order valence-electron chi connectivity index (χ2n) is 7.52. The number of nitrogens with zero attached hydrogens (tertiary/aromatic N) is 4. The van der Waals surface area contributed by atoms with Gasteiger partial charge in [-0.25, -0.2) is 4.98 Å². The molecule has 1 aromatic carbocycles. The van der Waals surface area contributed by atoms with Crippen molar-refractivity contribution in [1.82, 2.24) is 19.4 Å². The number of fused-ring (bicyclic) bond motifs is 1. The van der Waals surface area contributed by atoms with Gasteiger partial charge in [0, 0.05) is 39.0 Å². The van der Waals surface area contributed by atoms with Crippen LogP contribution in [0.5, 0.6) is 0 Å². The molecule has 6 heteroatoms. The molecule has 0 bridgehead atoms. The molecule has 26 heavy (non-hydrogen) atoms. The van der Waals surface area contributed by atoms with Crippen molar-refractivity contribution >= 4 is 22.8 Å². The van der Waals surface area contributed by atoms with Crippen molar-refractivity contribution in [3.8, 4) is 0 Å². The van der Waals surface area contributed by atoms with Crippen molar-refractivity contribution in [3.63, 3.8) is 0 Å². The van der Waals surface area contributed by atoms with Crippen LogP contribution in [0.4, 0.5) is 0 Å². The minimum atomic E-state index is 0.0526. The van der Waals surface area contributed by atoms with E-state index in [0.717, 1.165) is 42.8 Å². The van der Waals surface area contributed by atoms with Gasteiger partial charge in [-0.05, 0) is 25.0 Å². The molecule has 0 N–H and O–H groups in total. The number of para-hydroxylation sites is 2. The Labute approximate surface area is 153 Å². The number of benzene rings is 1. The Bertz CT molecular complexity index is 820. The number of carbonyl (C=O) groups is 2. The Morgan fingerprint density at radius 1 is 1.15 bits per heavy atom. The predicted octanol–water partition coefficient (Wildman–Crippen LogP) is 2.38. The molecule has 2 fully saturated rings. The van der Waals surface area contributed by atoms with E-state index >= 15 is 0 Å². The summed E-state index contributed by atoms with van der Waals surface area (Å²) in [6, 6.07) is 7.94. The molecule has 3 heterocycles. The first-order chi connectivity index (χ1) is 12.6. The van der Waals surface area contributed by atoms with E-state index in [1.807, 2.05) is 40.8 Å². The number of likely N-dealkylation sites (tertiary alicyclic amines) is 2. The van der Waals surface area contributed by atoms with E-state index in [1.54, 1.807) is 4.90 Å². The molecular formula is C20H26N4O2. The van der Waals surface area contributed by atoms with Gasteiger partial charge in [-0.3, -0.25) is 9.59 Å². The third-order valence-electron chi connectivity index (χ3n) is 5.64. The van der Waals surface area contributed by atoms with Crippen LogP contribution in [-0.4, -0.2) is 57.8 Å². The van der Waals surface area contributed by atoms with Gasteiger partial charge < -0.3 is 14.4 Å². The van der Waals surface area contributed by atoms with Gasteiger partial charge in [-0.1, -0.05) is 25.0 Å². The number of hydrogen-bond acceptors (Lipinski definition) is 3. The molecule has 0 saturated carbocycles. The summed E-state index contributed by atoms with van der Waals surface area (Å²) in [5.74, 6) is 1.23. The maximum absolute atomic E-state index is 13.0. The summed E-state index contributed by atoms with van der Waals surface area (Å²) in [6.45, 7) is 2.68. The summed E-state index contributed by atoms with van der Waals surface area (Å²) in [4.78, 5) is 33.5. The van der Waals surface area contributed by atoms with Crippen molar-refractivity contribution in [2.45, 2.75) is 44.6 Å². The highest BCUT2D eigenvalue weighted by Crippen LogP contribution is 2.29. The van der Waals surface area contributed by atoms with Gasteiger partial charge in [0.25, 0.3) is 0 Å². The first kappa shape index (κ1) is 17.1. The maximum Gasteiger partial charge on any atom is 0.242 e. The Balaban J connectivity index is 1.65. The van der Waals surface area contributed by atoms with Crippen LogP contribution in [0.2, 0.25) is 0 Å². The molecule has 2 aromatic rings. The fourth-order valence-electron chi connectivity index (χ4n) is 4.16. The largest absolute Gasteiger partial charge is 0.345 e. The van der Waals surface area contributed by atoms with E-state index in [9.17, 15) is 9.59 Å². The fraction of sp³-hybridized carbons (Fsp3) is 0.550. The fourth-order valence-corrected chi connectivity index (χ4v) is 4.16. The lowest BCUT2D eigenvalue weighted by Crippen LogP contribution is -2.35. The van der Waals surface area contributed by atoms with Crippen molar-refractivity contribution in [3.05, 3.63) is 30.1 Å². The van der Waals surface area contributed by atoms with Gasteiger partial charge in [-0.15, -0.1) is 0 Å². The van der Waals surface area contributed by atoms with Crippen LogP contribution >= 0.6 is 0 Å². The highest BCUT2D eigenvalue weighted by molar-refractivity contribution is 5.83. The molecule has 2 aliphatic heterocycles. The molecule has 1 aromatic heterocycles. The zero-order chi connectivity index (χ0) is 18.1. The van der Waals surface area contributed by atoms with Gasteiger partial charge >= 0.3 is 0 Å². The van der Waals surface area contributed by atoms with Crippen LogP contribution in [0, 0.1) is 0 Å². The molecule has 1 unspecified atom stereocenters. The summed E-state index contributed by atoms with van der Waals surface area (Å²) in [7, 11) is 1.83.